The molecule has 0 bridgehead atoms. The van der Waals surface area contributed by atoms with Crippen LogP contribution in [-0.2, 0) is 20.8 Å². The summed E-state index contributed by atoms with van der Waals surface area (Å²) >= 11 is 0. The summed E-state index contributed by atoms with van der Waals surface area (Å²) < 4.78 is 10.3. The molecule has 0 atom stereocenters. The number of hydrogen-bond donors (Lipinski definition) is 1. The van der Waals surface area contributed by atoms with Crippen LogP contribution < -0.4 is 0 Å². The van der Waals surface area contributed by atoms with Gasteiger partial charge in [0.2, 0.25) is 0 Å². The van der Waals surface area contributed by atoms with E-state index >= 15 is 0 Å². The fraction of sp³-hybridized carbons (Fsp3) is 0.250. The average molecular weight is 565 g/mol. The van der Waals surface area contributed by atoms with E-state index in [0.717, 1.165) is 39.0 Å². The quantitative estimate of drug-likeness (QED) is 0.240. The van der Waals surface area contributed by atoms with Crippen LogP contribution in [0.1, 0.15) is 32.0 Å². The van der Waals surface area contributed by atoms with Crippen molar-refractivity contribution in [2.24, 2.45) is 0 Å². The van der Waals surface area contributed by atoms with Gasteiger partial charge in [0.25, 0.3) is 0 Å². The molecule has 0 aliphatic heterocycles. The van der Waals surface area contributed by atoms with Gasteiger partial charge in [0.15, 0.2) is 5.82 Å². The number of rotatable bonds is 7. The lowest BCUT2D eigenvalue weighted by molar-refractivity contribution is -0.142. The number of aromatic nitrogens is 5. The monoisotopic (exact) mass is 564 g/mol. The molecule has 5 rings (SSSR count). The Hall–Kier alpha value is -5.12. The SMILES string of the molecule is COC(=O)CN(Cc1cccc(-c2cncc(-c3nc(-c4cccc(C)n4)nc4[nH]ccc34)c2)c1)C(=O)OC(C)(C)C. The maximum atomic E-state index is 12.9. The van der Waals surface area contributed by atoms with Crippen LogP contribution >= 0.6 is 0 Å². The van der Waals surface area contributed by atoms with Crippen molar-refractivity contribution in [3.63, 3.8) is 0 Å². The van der Waals surface area contributed by atoms with E-state index in [9.17, 15) is 9.59 Å². The molecule has 1 N–H and O–H groups in total. The molecule has 0 aliphatic carbocycles. The molecule has 4 heterocycles. The summed E-state index contributed by atoms with van der Waals surface area (Å²) in [5, 5.41) is 0.870. The number of pyridine rings is 2. The Labute approximate surface area is 243 Å². The third-order valence-electron chi connectivity index (χ3n) is 6.38. The Bertz CT molecular complexity index is 1760. The number of nitrogens with zero attached hydrogens (tertiary/aromatic N) is 5. The minimum absolute atomic E-state index is 0.160. The number of nitrogens with one attached hydrogen (secondary N) is 1. The number of carbonyl (C=O) groups excluding carboxylic acids is 2. The number of benzene rings is 1. The fourth-order valence-electron chi connectivity index (χ4n) is 4.47. The number of aromatic amines is 1. The summed E-state index contributed by atoms with van der Waals surface area (Å²) in [6.07, 6.45) is 4.79. The van der Waals surface area contributed by atoms with Crippen molar-refractivity contribution in [3.05, 3.63) is 84.4 Å². The van der Waals surface area contributed by atoms with E-state index in [4.69, 9.17) is 19.4 Å². The second-order valence-corrected chi connectivity index (χ2v) is 10.9. The van der Waals surface area contributed by atoms with E-state index in [2.05, 4.69) is 15.0 Å². The number of methoxy groups -OCH3 is 1. The molecular weight excluding hydrogens is 532 g/mol. The van der Waals surface area contributed by atoms with Crippen LogP contribution in [0.25, 0.3) is 44.9 Å². The topological polar surface area (TPSA) is 123 Å². The molecule has 1 amide bonds. The molecule has 0 fully saturated rings. The third-order valence-corrected chi connectivity index (χ3v) is 6.38. The van der Waals surface area contributed by atoms with Gasteiger partial charge in [0.1, 0.15) is 23.5 Å². The van der Waals surface area contributed by atoms with Crippen molar-refractivity contribution >= 4 is 23.1 Å². The highest BCUT2D eigenvalue weighted by Crippen LogP contribution is 2.31. The largest absolute Gasteiger partial charge is 0.468 e. The Morgan fingerprint density at radius 1 is 0.929 bits per heavy atom. The zero-order valence-electron chi connectivity index (χ0n) is 24.2. The number of carbonyl (C=O) groups is 2. The summed E-state index contributed by atoms with van der Waals surface area (Å²) in [4.78, 5) is 48.2. The first-order chi connectivity index (χ1) is 20.1. The summed E-state index contributed by atoms with van der Waals surface area (Å²) in [6.45, 7) is 7.20. The summed E-state index contributed by atoms with van der Waals surface area (Å²) in [7, 11) is 1.29. The average Bonchev–Trinajstić information content (AvgIpc) is 3.44. The van der Waals surface area contributed by atoms with E-state index in [1.807, 2.05) is 67.7 Å². The maximum absolute atomic E-state index is 12.9. The first kappa shape index (κ1) is 28.4. The van der Waals surface area contributed by atoms with Gasteiger partial charge in [-0.2, -0.15) is 0 Å². The van der Waals surface area contributed by atoms with Crippen molar-refractivity contribution in [1.82, 2.24) is 29.8 Å². The highest BCUT2D eigenvalue weighted by molar-refractivity contribution is 5.92. The van der Waals surface area contributed by atoms with Crippen LogP contribution in [0.2, 0.25) is 0 Å². The minimum Gasteiger partial charge on any atom is -0.468 e. The van der Waals surface area contributed by atoms with Crippen molar-refractivity contribution in [2.75, 3.05) is 13.7 Å². The third kappa shape index (κ3) is 6.60. The van der Waals surface area contributed by atoms with Crippen LogP contribution in [0.5, 0.6) is 0 Å². The fourth-order valence-corrected chi connectivity index (χ4v) is 4.47. The smallest absolute Gasteiger partial charge is 0.411 e. The van der Waals surface area contributed by atoms with Gasteiger partial charge in [-0.1, -0.05) is 24.3 Å². The Balaban J connectivity index is 1.48. The highest BCUT2D eigenvalue weighted by atomic mass is 16.6. The first-order valence-electron chi connectivity index (χ1n) is 13.5. The van der Waals surface area contributed by atoms with Gasteiger partial charge in [0.05, 0.1) is 12.8 Å². The molecule has 42 heavy (non-hydrogen) atoms. The van der Waals surface area contributed by atoms with E-state index < -0.39 is 17.7 Å². The first-order valence-corrected chi connectivity index (χ1v) is 13.5. The summed E-state index contributed by atoms with van der Waals surface area (Å²) in [6, 6.07) is 17.4. The van der Waals surface area contributed by atoms with E-state index in [0.29, 0.717) is 17.2 Å². The van der Waals surface area contributed by atoms with E-state index in [1.54, 1.807) is 33.2 Å². The lowest BCUT2D eigenvalue weighted by Crippen LogP contribution is -2.39. The molecule has 0 spiro atoms. The molecule has 10 nitrogen and oxygen atoms in total. The molecule has 1 aromatic carbocycles. The molecule has 0 radical (unpaired) electrons. The van der Waals surface area contributed by atoms with Crippen LogP contribution in [0.15, 0.2) is 73.2 Å². The number of fused-ring (bicyclic) bond motifs is 1. The van der Waals surface area contributed by atoms with Crippen LogP contribution in [-0.4, -0.2) is 61.1 Å². The van der Waals surface area contributed by atoms with Crippen molar-refractivity contribution < 1.29 is 19.1 Å². The van der Waals surface area contributed by atoms with Gasteiger partial charge in [0, 0.05) is 47.3 Å². The van der Waals surface area contributed by atoms with Gasteiger partial charge in [-0.15, -0.1) is 0 Å². The lowest BCUT2D eigenvalue weighted by Gasteiger charge is -2.27. The molecule has 4 aromatic heterocycles. The summed E-state index contributed by atoms with van der Waals surface area (Å²) in [5.74, 6) is -0.0149. The molecule has 0 aliphatic rings. The molecular formula is C32H32N6O4. The highest BCUT2D eigenvalue weighted by Gasteiger charge is 2.25. The van der Waals surface area contributed by atoms with Crippen molar-refractivity contribution in [2.45, 2.75) is 39.8 Å². The molecule has 0 saturated heterocycles. The maximum Gasteiger partial charge on any atom is 0.411 e. The Kier molecular flexibility index (Phi) is 7.97. The van der Waals surface area contributed by atoms with Gasteiger partial charge < -0.3 is 14.5 Å². The molecule has 0 unspecified atom stereocenters. The van der Waals surface area contributed by atoms with Crippen LogP contribution in [0, 0.1) is 6.92 Å². The van der Waals surface area contributed by atoms with Gasteiger partial charge in [-0.3, -0.25) is 14.7 Å². The van der Waals surface area contributed by atoms with Gasteiger partial charge in [-0.25, -0.2) is 19.7 Å². The Morgan fingerprint density at radius 2 is 1.71 bits per heavy atom. The standard InChI is InChI=1S/C32H32N6O4/c1-20-8-6-11-26(35-20)30-36-28(25-12-13-34-29(25)37-30)24-15-23(16-33-17-24)22-10-7-9-21(14-22)18-38(19-27(39)41-5)31(40)42-32(2,3)4/h6-17H,18-19H2,1-5H3,(H,34,36,37). The van der Waals surface area contributed by atoms with Crippen LogP contribution in [0.4, 0.5) is 4.79 Å². The van der Waals surface area contributed by atoms with E-state index in [1.165, 1.54) is 12.0 Å². The molecule has 214 valence electrons. The Morgan fingerprint density at radius 3 is 2.48 bits per heavy atom. The number of amides is 1. The number of ether oxygens (including phenoxy) is 2. The minimum atomic E-state index is -0.708. The van der Waals surface area contributed by atoms with Crippen molar-refractivity contribution in [3.8, 4) is 33.9 Å². The normalized spacial score (nSPS) is 11.4. The zero-order chi connectivity index (χ0) is 29.9. The second-order valence-electron chi connectivity index (χ2n) is 10.9. The molecule has 10 heteroatoms. The van der Waals surface area contributed by atoms with Gasteiger partial charge in [-0.05, 0) is 69.2 Å². The number of aryl methyl sites for hydroxylation is 1. The molecule has 5 aromatic rings. The summed E-state index contributed by atoms with van der Waals surface area (Å²) in [5.41, 5.74) is 5.69. The predicted molar refractivity (Wildman–Crippen MR) is 159 cm³/mol. The zero-order valence-corrected chi connectivity index (χ0v) is 24.2. The van der Waals surface area contributed by atoms with E-state index in [-0.39, 0.29) is 13.1 Å². The van der Waals surface area contributed by atoms with Crippen LogP contribution in [0.3, 0.4) is 0 Å². The lowest BCUT2D eigenvalue weighted by atomic mass is 10.0. The predicted octanol–water partition coefficient (Wildman–Crippen LogP) is 5.97. The van der Waals surface area contributed by atoms with Gasteiger partial charge >= 0.3 is 12.1 Å². The molecule has 0 saturated carbocycles. The number of hydrogen-bond acceptors (Lipinski definition) is 8. The number of H-pyrrole nitrogens is 1. The second kappa shape index (κ2) is 11.8. The number of esters is 1. The van der Waals surface area contributed by atoms with Crippen molar-refractivity contribution in [1.29, 1.82) is 0 Å².